The zero-order valence-electron chi connectivity index (χ0n) is 20.7. The van der Waals surface area contributed by atoms with E-state index in [1.54, 1.807) is 0 Å². The molecule has 6 rings (SSSR count). The van der Waals surface area contributed by atoms with Crippen LogP contribution in [0, 0.1) is 12.8 Å². The van der Waals surface area contributed by atoms with Gasteiger partial charge in [0, 0.05) is 55.0 Å². The first-order chi connectivity index (χ1) is 17.0. The summed E-state index contributed by atoms with van der Waals surface area (Å²) in [5, 5.41) is 10.6. The average Bonchev–Trinajstić information content (AvgIpc) is 3.30. The molecule has 1 amide bonds. The molecular weight excluding hydrogens is 442 g/mol. The van der Waals surface area contributed by atoms with Crippen LogP contribution in [0.25, 0.3) is 5.57 Å². The molecule has 1 aliphatic carbocycles. The fraction of sp³-hybridized carbons (Fsp3) is 0.615. The normalized spacial score (nSPS) is 25.9. The van der Waals surface area contributed by atoms with Gasteiger partial charge in [-0.05, 0) is 57.8 Å². The van der Waals surface area contributed by atoms with Gasteiger partial charge in [-0.15, -0.1) is 0 Å². The van der Waals surface area contributed by atoms with Crippen LogP contribution >= 0.6 is 0 Å². The molecule has 3 aliphatic heterocycles. The number of piperidine rings is 2. The average molecular weight is 478 g/mol. The molecule has 0 spiro atoms. The van der Waals surface area contributed by atoms with Crippen LogP contribution in [0.1, 0.15) is 62.8 Å². The molecule has 3 fully saturated rings. The van der Waals surface area contributed by atoms with Crippen molar-refractivity contribution in [1.29, 1.82) is 0 Å². The summed E-state index contributed by atoms with van der Waals surface area (Å²) < 4.78 is 5.56. The number of anilines is 3. The molecule has 9 nitrogen and oxygen atoms in total. The Balaban J connectivity index is 1.24. The van der Waals surface area contributed by atoms with Gasteiger partial charge in [-0.1, -0.05) is 6.08 Å². The number of H-pyrrole nitrogens is 1. The van der Waals surface area contributed by atoms with Gasteiger partial charge in [0.15, 0.2) is 5.82 Å². The van der Waals surface area contributed by atoms with E-state index in [0.717, 1.165) is 54.9 Å². The monoisotopic (exact) mass is 477 g/mol. The Labute approximate surface area is 206 Å². The number of carbonyl (C=O) groups excluding carboxylic acids is 1. The fourth-order valence-electron chi connectivity index (χ4n) is 5.91. The number of fused-ring (bicyclic) bond motifs is 2. The first kappa shape index (κ1) is 22.5. The largest absolute Gasteiger partial charge is 0.373 e. The molecule has 0 aromatic carbocycles. The van der Waals surface area contributed by atoms with E-state index in [1.807, 2.05) is 19.1 Å². The molecule has 0 radical (unpaired) electrons. The molecular formula is C26H35N7O2. The van der Waals surface area contributed by atoms with E-state index in [9.17, 15) is 4.79 Å². The molecule has 2 saturated heterocycles. The zero-order valence-corrected chi connectivity index (χ0v) is 20.7. The SMILES string of the molecule is Cc1cc(Nc2cc(C3=CCOC3)nc(N(C)[C@@H]3C[C@H]4CCC[C@@H](C3)N4C(=O)CC3CC3)n2)n[nH]1. The molecule has 5 heterocycles. The summed E-state index contributed by atoms with van der Waals surface area (Å²) in [6.07, 6.45) is 10.7. The summed E-state index contributed by atoms with van der Waals surface area (Å²) in [6.45, 7) is 3.15. The highest BCUT2D eigenvalue weighted by Gasteiger charge is 2.43. The highest BCUT2D eigenvalue weighted by atomic mass is 16.5. The van der Waals surface area contributed by atoms with Crippen LogP contribution in [-0.2, 0) is 9.53 Å². The number of hydrogen-bond acceptors (Lipinski definition) is 7. The summed E-state index contributed by atoms with van der Waals surface area (Å²) in [6, 6.07) is 4.90. The second kappa shape index (κ2) is 9.26. The lowest BCUT2D eigenvalue weighted by molar-refractivity contribution is -0.141. The van der Waals surface area contributed by atoms with Crippen molar-refractivity contribution in [1.82, 2.24) is 25.1 Å². The van der Waals surface area contributed by atoms with Crippen molar-refractivity contribution in [2.24, 2.45) is 5.92 Å². The molecule has 2 N–H and O–H groups in total. The van der Waals surface area contributed by atoms with E-state index in [1.165, 1.54) is 19.3 Å². The first-order valence-corrected chi connectivity index (χ1v) is 13.0. The number of hydrogen-bond donors (Lipinski definition) is 2. The molecule has 35 heavy (non-hydrogen) atoms. The lowest BCUT2D eigenvalue weighted by Gasteiger charge is -2.50. The van der Waals surface area contributed by atoms with E-state index in [4.69, 9.17) is 14.7 Å². The topological polar surface area (TPSA) is 99.3 Å². The number of nitrogens with one attached hydrogen (secondary N) is 2. The minimum atomic E-state index is 0.305. The van der Waals surface area contributed by atoms with Gasteiger partial charge in [0.1, 0.15) is 5.82 Å². The van der Waals surface area contributed by atoms with E-state index in [-0.39, 0.29) is 0 Å². The number of ether oxygens (including phenoxy) is 1. The lowest BCUT2D eigenvalue weighted by Crippen LogP contribution is -2.58. The third-order valence-corrected chi connectivity index (χ3v) is 7.97. The third kappa shape index (κ3) is 4.78. The van der Waals surface area contributed by atoms with Gasteiger partial charge >= 0.3 is 0 Å². The van der Waals surface area contributed by atoms with Crippen molar-refractivity contribution in [3.05, 3.63) is 29.6 Å². The van der Waals surface area contributed by atoms with E-state index in [0.29, 0.717) is 54.9 Å². The molecule has 186 valence electrons. The van der Waals surface area contributed by atoms with E-state index < -0.39 is 0 Å². The first-order valence-electron chi connectivity index (χ1n) is 13.0. The van der Waals surface area contributed by atoms with Crippen molar-refractivity contribution in [3.8, 4) is 0 Å². The minimum absolute atomic E-state index is 0.305. The van der Waals surface area contributed by atoms with E-state index in [2.05, 4.69) is 38.4 Å². The Kier molecular flexibility index (Phi) is 5.96. The molecule has 9 heteroatoms. The number of aryl methyl sites for hydroxylation is 1. The molecule has 2 aromatic rings. The number of amides is 1. The molecule has 4 aliphatic rings. The van der Waals surface area contributed by atoms with Gasteiger partial charge in [-0.25, -0.2) is 4.98 Å². The van der Waals surface area contributed by atoms with Crippen LogP contribution < -0.4 is 10.2 Å². The van der Waals surface area contributed by atoms with Gasteiger partial charge in [0.25, 0.3) is 0 Å². The summed E-state index contributed by atoms with van der Waals surface area (Å²) in [5.41, 5.74) is 2.95. The Hall–Kier alpha value is -2.94. The van der Waals surface area contributed by atoms with Gasteiger partial charge in [0.05, 0.1) is 18.9 Å². The predicted octanol–water partition coefficient (Wildman–Crippen LogP) is 3.81. The summed E-state index contributed by atoms with van der Waals surface area (Å²) in [4.78, 5) is 27.4. The maximum absolute atomic E-state index is 13.1. The quantitative estimate of drug-likeness (QED) is 0.625. The zero-order chi connectivity index (χ0) is 23.9. The fourth-order valence-corrected chi connectivity index (χ4v) is 5.91. The molecule has 2 bridgehead atoms. The maximum Gasteiger partial charge on any atom is 0.227 e. The van der Waals surface area contributed by atoms with Crippen LogP contribution in [0.5, 0.6) is 0 Å². The minimum Gasteiger partial charge on any atom is -0.373 e. The number of aromatic amines is 1. The number of rotatable bonds is 7. The second-order valence-electron chi connectivity index (χ2n) is 10.7. The van der Waals surface area contributed by atoms with Crippen molar-refractivity contribution in [2.45, 2.75) is 76.4 Å². The highest BCUT2D eigenvalue weighted by Crippen LogP contribution is 2.40. The van der Waals surface area contributed by atoms with E-state index >= 15 is 0 Å². The standard InChI is InChI=1S/C26H35N7O2/c1-16-10-24(31-30-16)28-23-14-22(18-8-9-35-15-18)27-26(29-23)32(2)21-12-19-4-3-5-20(13-21)33(19)25(34)11-17-6-7-17/h8,10,14,17,19-21H,3-7,9,11-13,15H2,1-2H3,(H2,27,28,29,30,31)/t19-,20+,21-. The summed E-state index contributed by atoms with van der Waals surface area (Å²) in [5.74, 6) is 3.17. The summed E-state index contributed by atoms with van der Waals surface area (Å²) in [7, 11) is 2.10. The van der Waals surface area contributed by atoms with Gasteiger partial charge in [0.2, 0.25) is 11.9 Å². The predicted molar refractivity (Wildman–Crippen MR) is 134 cm³/mol. The summed E-state index contributed by atoms with van der Waals surface area (Å²) >= 11 is 0. The van der Waals surface area contributed by atoms with Crippen molar-refractivity contribution in [3.63, 3.8) is 0 Å². The molecule has 0 unspecified atom stereocenters. The number of aromatic nitrogens is 4. The van der Waals surface area contributed by atoms with Gasteiger partial charge < -0.3 is 19.9 Å². The van der Waals surface area contributed by atoms with Crippen molar-refractivity contribution >= 4 is 29.1 Å². The Bertz CT molecular complexity index is 1110. The molecule has 3 atom stereocenters. The van der Waals surface area contributed by atoms with Crippen LogP contribution in [-0.4, -0.2) is 69.4 Å². The Morgan fingerprint density at radius 1 is 1.17 bits per heavy atom. The van der Waals surface area contributed by atoms with Gasteiger partial charge in [-0.2, -0.15) is 10.1 Å². The maximum atomic E-state index is 13.1. The van der Waals surface area contributed by atoms with Crippen LogP contribution in [0.4, 0.5) is 17.6 Å². The highest BCUT2D eigenvalue weighted by molar-refractivity contribution is 5.78. The molecule has 1 saturated carbocycles. The Morgan fingerprint density at radius 2 is 1.97 bits per heavy atom. The number of nitrogens with zero attached hydrogens (tertiary/aromatic N) is 5. The van der Waals surface area contributed by atoms with Crippen LogP contribution in [0.2, 0.25) is 0 Å². The number of carbonyl (C=O) groups is 1. The smallest absolute Gasteiger partial charge is 0.227 e. The van der Waals surface area contributed by atoms with Crippen molar-refractivity contribution < 1.29 is 9.53 Å². The van der Waals surface area contributed by atoms with Crippen LogP contribution in [0.3, 0.4) is 0 Å². The van der Waals surface area contributed by atoms with Crippen LogP contribution in [0.15, 0.2) is 18.2 Å². The Morgan fingerprint density at radius 3 is 2.63 bits per heavy atom. The van der Waals surface area contributed by atoms with Gasteiger partial charge in [-0.3, -0.25) is 9.89 Å². The third-order valence-electron chi connectivity index (χ3n) is 7.97. The second-order valence-corrected chi connectivity index (χ2v) is 10.7. The molecule has 2 aromatic heterocycles. The van der Waals surface area contributed by atoms with Crippen molar-refractivity contribution in [2.75, 3.05) is 30.5 Å². The lowest BCUT2D eigenvalue weighted by atomic mass is 9.81.